The van der Waals surface area contributed by atoms with Crippen molar-refractivity contribution in [1.29, 1.82) is 0 Å². The van der Waals surface area contributed by atoms with E-state index in [9.17, 15) is 13.2 Å². The van der Waals surface area contributed by atoms with Crippen LogP contribution in [0.3, 0.4) is 0 Å². The number of halogens is 1. The molecule has 0 unspecified atom stereocenters. The number of carbonyl (C=O) groups is 1. The van der Waals surface area contributed by atoms with Crippen molar-refractivity contribution in [1.82, 2.24) is 10.2 Å². The average molecular weight is 316 g/mol. The van der Waals surface area contributed by atoms with Gasteiger partial charge < -0.3 is 4.74 Å². The Kier molecular flexibility index (Phi) is 3.96. The van der Waals surface area contributed by atoms with E-state index in [0.717, 1.165) is 6.07 Å². The maximum Gasteiger partial charge on any atom is 0.337 e. The smallest absolute Gasteiger partial charge is 0.337 e. The average Bonchev–Trinajstić information content (AvgIpc) is 2.90. The van der Waals surface area contributed by atoms with Gasteiger partial charge in [0.15, 0.2) is 0 Å². The Morgan fingerprint density at radius 3 is 2.75 bits per heavy atom. The number of carbonyl (C=O) groups excluding carboxylic acids is 1. The molecule has 0 saturated heterocycles. The van der Waals surface area contributed by atoms with Crippen molar-refractivity contribution in [3.05, 3.63) is 41.0 Å². The van der Waals surface area contributed by atoms with Crippen LogP contribution in [0.1, 0.15) is 10.4 Å². The van der Waals surface area contributed by atoms with Gasteiger partial charge in [-0.2, -0.15) is 5.10 Å². The standard InChI is InChI=1S/C11H10ClN3O4S/c1-19-11(16)7-2-3-8(12)9(6-7)20(17,18)15-10-4-5-13-14-10/h2-6H,1H3,(H2,13,14,15). The summed E-state index contributed by atoms with van der Waals surface area (Å²) in [5.41, 5.74) is 0.0851. The zero-order valence-corrected chi connectivity index (χ0v) is 11.8. The van der Waals surface area contributed by atoms with Crippen molar-refractivity contribution in [2.45, 2.75) is 4.90 Å². The van der Waals surface area contributed by atoms with Crippen LogP contribution >= 0.6 is 11.6 Å². The Morgan fingerprint density at radius 2 is 2.15 bits per heavy atom. The third-order valence-corrected chi connectivity index (χ3v) is 4.23. The Bertz CT molecular complexity index is 728. The fourth-order valence-electron chi connectivity index (χ4n) is 1.47. The van der Waals surface area contributed by atoms with Crippen molar-refractivity contribution in [2.75, 3.05) is 11.8 Å². The summed E-state index contributed by atoms with van der Waals surface area (Å²) in [4.78, 5) is 11.2. The molecule has 0 aliphatic rings. The number of methoxy groups -OCH3 is 1. The third kappa shape index (κ3) is 2.91. The molecule has 2 aromatic rings. The molecular formula is C11H10ClN3O4S. The lowest BCUT2D eigenvalue weighted by molar-refractivity contribution is 0.0600. The van der Waals surface area contributed by atoms with Crippen molar-refractivity contribution >= 4 is 33.4 Å². The van der Waals surface area contributed by atoms with Crippen LogP contribution in [0.2, 0.25) is 5.02 Å². The van der Waals surface area contributed by atoms with Gasteiger partial charge in [0.2, 0.25) is 0 Å². The van der Waals surface area contributed by atoms with Crippen LogP contribution in [0.4, 0.5) is 5.82 Å². The van der Waals surface area contributed by atoms with Crippen LogP contribution < -0.4 is 4.72 Å². The highest BCUT2D eigenvalue weighted by molar-refractivity contribution is 7.92. The lowest BCUT2D eigenvalue weighted by Gasteiger charge is -2.09. The van der Waals surface area contributed by atoms with Gasteiger partial charge in [0.25, 0.3) is 10.0 Å². The molecule has 0 bridgehead atoms. The molecule has 0 fully saturated rings. The van der Waals surface area contributed by atoms with E-state index >= 15 is 0 Å². The molecule has 0 spiro atoms. The Morgan fingerprint density at radius 1 is 1.40 bits per heavy atom. The summed E-state index contributed by atoms with van der Waals surface area (Å²) in [6, 6.07) is 5.28. The van der Waals surface area contributed by atoms with Crippen LogP contribution in [0.15, 0.2) is 35.4 Å². The van der Waals surface area contributed by atoms with Gasteiger partial charge in [-0.3, -0.25) is 9.82 Å². The topological polar surface area (TPSA) is 101 Å². The molecule has 7 nitrogen and oxygen atoms in total. The minimum absolute atomic E-state index is 0.00957. The summed E-state index contributed by atoms with van der Waals surface area (Å²) in [6.07, 6.45) is 1.39. The van der Waals surface area contributed by atoms with Gasteiger partial charge in [0, 0.05) is 6.07 Å². The number of anilines is 1. The van der Waals surface area contributed by atoms with Gasteiger partial charge >= 0.3 is 5.97 Å². The van der Waals surface area contributed by atoms with Gasteiger partial charge in [0.05, 0.1) is 23.9 Å². The summed E-state index contributed by atoms with van der Waals surface area (Å²) in [5.74, 6) is -0.468. The molecule has 0 radical (unpaired) electrons. The van der Waals surface area contributed by atoms with Gasteiger partial charge in [-0.1, -0.05) is 11.6 Å². The predicted octanol–water partition coefficient (Wildman–Crippen LogP) is 1.65. The van der Waals surface area contributed by atoms with Crippen molar-refractivity contribution in [3.63, 3.8) is 0 Å². The van der Waals surface area contributed by atoms with Crippen molar-refractivity contribution < 1.29 is 17.9 Å². The molecule has 1 heterocycles. The number of ether oxygens (including phenoxy) is 1. The summed E-state index contributed by atoms with van der Waals surface area (Å²) in [7, 11) is -2.74. The molecule has 1 aromatic carbocycles. The largest absolute Gasteiger partial charge is 0.465 e. The first-order chi connectivity index (χ1) is 9.44. The number of aromatic amines is 1. The molecule has 0 aliphatic heterocycles. The summed E-state index contributed by atoms with van der Waals surface area (Å²) in [6.45, 7) is 0. The number of hydrogen-bond acceptors (Lipinski definition) is 5. The first-order valence-corrected chi connectivity index (χ1v) is 7.20. The monoisotopic (exact) mass is 315 g/mol. The molecule has 0 saturated carbocycles. The van der Waals surface area contributed by atoms with Gasteiger partial charge in [0.1, 0.15) is 10.7 Å². The quantitative estimate of drug-likeness (QED) is 0.835. The van der Waals surface area contributed by atoms with E-state index in [1.54, 1.807) is 0 Å². The molecular weight excluding hydrogens is 306 g/mol. The number of aromatic nitrogens is 2. The van der Waals surface area contributed by atoms with E-state index < -0.39 is 16.0 Å². The number of H-pyrrole nitrogens is 1. The number of benzene rings is 1. The van der Waals surface area contributed by atoms with Crippen molar-refractivity contribution in [2.24, 2.45) is 0 Å². The number of nitrogens with one attached hydrogen (secondary N) is 2. The highest BCUT2D eigenvalue weighted by Crippen LogP contribution is 2.24. The second-order valence-electron chi connectivity index (χ2n) is 3.71. The number of sulfonamides is 1. The number of esters is 1. The fraction of sp³-hybridized carbons (Fsp3) is 0.0909. The minimum Gasteiger partial charge on any atom is -0.465 e. The van der Waals surface area contributed by atoms with Gasteiger partial charge in [-0.05, 0) is 18.2 Å². The highest BCUT2D eigenvalue weighted by atomic mass is 35.5. The molecule has 1 aromatic heterocycles. The molecule has 0 aliphatic carbocycles. The first kappa shape index (κ1) is 14.4. The Balaban J connectivity index is 2.42. The van der Waals surface area contributed by atoms with E-state index in [2.05, 4.69) is 19.7 Å². The molecule has 0 atom stereocenters. The van der Waals surface area contributed by atoms with E-state index in [-0.39, 0.29) is 21.3 Å². The molecule has 0 amide bonds. The van der Waals surface area contributed by atoms with E-state index in [4.69, 9.17) is 11.6 Å². The second kappa shape index (κ2) is 5.51. The maximum atomic E-state index is 12.2. The van der Waals surface area contributed by atoms with Crippen LogP contribution in [-0.4, -0.2) is 31.7 Å². The summed E-state index contributed by atoms with van der Waals surface area (Å²) < 4.78 is 31.2. The lowest BCUT2D eigenvalue weighted by atomic mass is 10.2. The molecule has 9 heteroatoms. The number of hydrogen-bond donors (Lipinski definition) is 2. The zero-order chi connectivity index (χ0) is 14.8. The fourth-order valence-corrected chi connectivity index (χ4v) is 3.01. The maximum absolute atomic E-state index is 12.2. The number of rotatable bonds is 4. The summed E-state index contributed by atoms with van der Waals surface area (Å²) in [5, 5.41) is 6.07. The summed E-state index contributed by atoms with van der Waals surface area (Å²) >= 11 is 5.87. The van der Waals surface area contributed by atoms with Crippen LogP contribution in [0, 0.1) is 0 Å². The number of nitrogens with zero attached hydrogens (tertiary/aromatic N) is 1. The first-order valence-electron chi connectivity index (χ1n) is 5.34. The van der Waals surface area contributed by atoms with E-state index in [1.807, 2.05) is 0 Å². The normalized spacial score (nSPS) is 11.1. The third-order valence-electron chi connectivity index (χ3n) is 2.39. The van der Waals surface area contributed by atoms with Crippen LogP contribution in [0.25, 0.3) is 0 Å². The Labute approximate surface area is 120 Å². The van der Waals surface area contributed by atoms with Crippen LogP contribution in [-0.2, 0) is 14.8 Å². The van der Waals surface area contributed by atoms with Crippen LogP contribution in [0.5, 0.6) is 0 Å². The minimum atomic E-state index is -3.94. The van der Waals surface area contributed by atoms with Crippen molar-refractivity contribution in [3.8, 4) is 0 Å². The second-order valence-corrected chi connectivity index (χ2v) is 5.77. The van der Waals surface area contributed by atoms with Gasteiger partial charge in [-0.15, -0.1) is 0 Å². The molecule has 106 valence electrons. The SMILES string of the molecule is COC(=O)c1ccc(Cl)c(S(=O)(=O)Nc2ccn[nH]2)c1. The highest BCUT2D eigenvalue weighted by Gasteiger charge is 2.21. The van der Waals surface area contributed by atoms with E-state index in [0.29, 0.717) is 0 Å². The molecule has 20 heavy (non-hydrogen) atoms. The predicted molar refractivity (Wildman–Crippen MR) is 72.2 cm³/mol. The van der Waals surface area contributed by atoms with E-state index in [1.165, 1.54) is 31.5 Å². The lowest BCUT2D eigenvalue weighted by Crippen LogP contribution is -2.15. The molecule has 2 N–H and O–H groups in total. The Hall–Kier alpha value is -2.06. The van der Waals surface area contributed by atoms with Gasteiger partial charge in [-0.25, -0.2) is 13.2 Å². The molecule has 2 rings (SSSR count). The zero-order valence-electron chi connectivity index (χ0n) is 10.3.